The molecule has 0 spiro atoms. The minimum absolute atomic E-state index is 0. The Morgan fingerprint density at radius 2 is 0.634 bits per heavy atom. The summed E-state index contributed by atoms with van der Waals surface area (Å²) >= 11 is 0. The van der Waals surface area contributed by atoms with Crippen LogP contribution in [-0.4, -0.2) is 0 Å². The molecule has 0 aromatic heterocycles. The van der Waals surface area contributed by atoms with Crippen LogP contribution < -0.4 is 21.2 Å². The fourth-order valence-electron chi connectivity index (χ4n) is 4.76. The van der Waals surface area contributed by atoms with E-state index in [2.05, 4.69) is 155 Å². The molecule has 2 saturated carbocycles. The molecule has 2 aliphatic carbocycles. The first kappa shape index (κ1) is 32.2. The Balaban J connectivity index is 0.000000584. The van der Waals surface area contributed by atoms with Gasteiger partial charge in [-0.2, -0.15) is 0 Å². The molecule has 0 saturated heterocycles. The van der Waals surface area contributed by atoms with E-state index in [-0.39, 0.29) is 22.5 Å². The summed E-state index contributed by atoms with van der Waals surface area (Å²) in [7, 11) is -1.38. The molecule has 0 amide bonds. The van der Waals surface area contributed by atoms with Gasteiger partial charge in [-0.25, -0.2) is 0 Å². The normalized spacial score (nSPS) is 16.4. The largest absolute Gasteiger partial charge is 0.0622 e. The maximum atomic E-state index is 2.52. The van der Waals surface area contributed by atoms with E-state index in [1.807, 2.05) is 32.1 Å². The molecule has 3 heteroatoms. The van der Waals surface area contributed by atoms with Gasteiger partial charge < -0.3 is 0 Å². The molecule has 10 radical (unpaired) electrons. The van der Waals surface area contributed by atoms with Crippen LogP contribution in [-0.2, 0) is 17.1 Å². The molecule has 0 atom stereocenters. The average molecular weight is 610 g/mol. The van der Waals surface area contributed by atoms with Crippen molar-refractivity contribution < 1.29 is 17.1 Å². The fraction of sp³-hybridized carbons (Fsp3) is 0.105. The molecule has 0 N–H and O–H groups in total. The van der Waals surface area contributed by atoms with Gasteiger partial charge in [0.25, 0.3) is 0 Å². The van der Waals surface area contributed by atoms with Crippen LogP contribution in [0.15, 0.2) is 121 Å². The van der Waals surface area contributed by atoms with E-state index in [1.54, 1.807) is 0 Å². The average Bonchev–Trinajstić information content (AvgIpc) is 3.71. The molecule has 4 aromatic carbocycles. The number of hydrogen-bond acceptors (Lipinski definition) is 0. The van der Waals surface area contributed by atoms with E-state index in [1.165, 1.54) is 38.5 Å². The molecule has 6 rings (SSSR count). The van der Waals surface area contributed by atoms with Crippen LogP contribution in [0.5, 0.6) is 0 Å². The Morgan fingerprint density at radius 1 is 0.390 bits per heavy atom. The van der Waals surface area contributed by atoms with Gasteiger partial charge >= 0.3 is 0 Å². The van der Waals surface area contributed by atoms with Gasteiger partial charge in [0.15, 0.2) is 0 Å². The first-order valence-corrected chi connectivity index (χ1v) is 16.5. The third kappa shape index (κ3) is 8.43. The predicted molar refractivity (Wildman–Crippen MR) is 177 cm³/mol. The maximum absolute atomic E-state index is 2.52. The molecule has 0 nitrogen and oxygen atoms in total. The van der Waals surface area contributed by atoms with E-state index in [9.17, 15) is 0 Å². The summed E-state index contributed by atoms with van der Waals surface area (Å²) in [4.78, 5) is 0. The first-order chi connectivity index (χ1) is 19.5. The third-order valence-electron chi connectivity index (χ3n) is 6.81. The van der Waals surface area contributed by atoms with Crippen molar-refractivity contribution in [1.82, 2.24) is 0 Å². The van der Waals surface area contributed by atoms with E-state index >= 15 is 0 Å². The minimum Gasteiger partial charge on any atom is -0.0622 e. The van der Waals surface area contributed by atoms with Crippen molar-refractivity contribution in [2.24, 2.45) is 5.41 Å². The molecule has 0 aliphatic heterocycles. The zero-order chi connectivity index (χ0) is 27.8. The van der Waals surface area contributed by atoms with Gasteiger partial charge in [-0.05, 0) is 93.3 Å². The third-order valence-corrected chi connectivity index (χ3v) is 11.9. The van der Waals surface area contributed by atoms with E-state index in [4.69, 9.17) is 0 Å². The van der Waals surface area contributed by atoms with Crippen LogP contribution in [0.25, 0.3) is 0 Å². The second kappa shape index (κ2) is 15.6. The molecule has 0 heterocycles. The van der Waals surface area contributed by atoms with Gasteiger partial charge in [0.2, 0.25) is 0 Å². The molecule has 41 heavy (non-hydrogen) atoms. The van der Waals surface area contributed by atoms with E-state index in [0.717, 1.165) is 0 Å². The fourth-order valence-corrected chi connectivity index (χ4v) is 10.1. The Bertz CT molecular complexity index is 1090. The van der Waals surface area contributed by atoms with Crippen molar-refractivity contribution in [3.05, 3.63) is 184 Å². The van der Waals surface area contributed by atoms with E-state index < -0.39 is 15.8 Å². The van der Waals surface area contributed by atoms with Gasteiger partial charge in [-0.1, -0.05) is 142 Å². The zero-order valence-electron chi connectivity index (χ0n) is 23.8. The Kier molecular flexibility index (Phi) is 12.3. The number of hydrogen-bond donors (Lipinski definition) is 0. The molecule has 0 bridgehead atoms. The summed E-state index contributed by atoms with van der Waals surface area (Å²) in [6, 6.07) is 44.4. The molecule has 4 aromatic rings. The summed E-state index contributed by atoms with van der Waals surface area (Å²) in [5.41, 5.74) is 3.05. The van der Waals surface area contributed by atoms with Crippen molar-refractivity contribution in [2.45, 2.75) is 20.8 Å². The molecule has 206 valence electrons. The van der Waals surface area contributed by atoms with Crippen molar-refractivity contribution in [3.63, 3.8) is 0 Å². The Morgan fingerprint density at radius 3 is 0.854 bits per heavy atom. The molecular weight excluding hydrogens is 574 g/mol. The standard InChI is InChI=1S/C33H31P2.C5H5.Fe/c1-33(2,3)26-24-31(34(27-16-8-4-9-17-27)28-18-10-5-11-19-28)32(25-26)35(29-20-12-6-13-21-29)30-22-14-7-15-23-30;1-2-4-5-3-1;/h4-25H,1-3H3;1-5H;. The topological polar surface area (TPSA) is 0 Å². The zero-order valence-corrected chi connectivity index (χ0v) is 26.7. The molecule has 2 aliphatic rings. The predicted octanol–water partition coefficient (Wildman–Crippen LogP) is 8.38. The van der Waals surface area contributed by atoms with Crippen molar-refractivity contribution in [3.8, 4) is 0 Å². The van der Waals surface area contributed by atoms with Crippen LogP contribution in [0.2, 0.25) is 0 Å². The second-order valence-corrected chi connectivity index (χ2v) is 15.1. The van der Waals surface area contributed by atoms with Gasteiger partial charge in [0.1, 0.15) is 0 Å². The Labute approximate surface area is 262 Å². The SMILES string of the molecule is CC(C)(C)[C]1[CH][C](P(c2ccccc2)c2ccccc2)[C](P(c2ccccc2)c2ccccc2)[CH]1.[CH]1[CH][CH][CH][CH]1.[Fe]. The van der Waals surface area contributed by atoms with Gasteiger partial charge in [0, 0.05) is 28.4 Å². The summed E-state index contributed by atoms with van der Waals surface area (Å²) in [5, 5.41) is 5.60. The molecular formula is C38H36FeP2. The van der Waals surface area contributed by atoms with Gasteiger partial charge in [-0.3, -0.25) is 0 Å². The van der Waals surface area contributed by atoms with E-state index in [0.29, 0.717) is 0 Å². The van der Waals surface area contributed by atoms with Gasteiger partial charge in [0.05, 0.1) is 0 Å². The molecule has 2 fully saturated rings. The van der Waals surface area contributed by atoms with Crippen LogP contribution in [0, 0.1) is 67.6 Å². The monoisotopic (exact) mass is 610 g/mol. The van der Waals surface area contributed by atoms with Crippen LogP contribution in [0.4, 0.5) is 0 Å². The van der Waals surface area contributed by atoms with Crippen molar-refractivity contribution >= 4 is 37.1 Å². The second-order valence-electron chi connectivity index (χ2n) is 10.7. The maximum Gasteiger partial charge on any atom is 0.0251 e. The van der Waals surface area contributed by atoms with Gasteiger partial charge in [-0.15, -0.1) is 0 Å². The molecule has 0 unspecified atom stereocenters. The number of rotatable bonds is 6. The van der Waals surface area contributed by atoms with Crippen molar-refractivity contribution in [1.29, 1.82) is 0 Å². The van der Waals surface area contributed by atoms with Crippen LogP contribution >= 0.6 is 15.8 Å². The summed E-state index contributed by atoms with van der Waals surface area (Å²) in [6.45, 7) is 6.99. The quantitative estimate of drug-likeness (QED) is 0.152. The smallest absolute Gasteiger partial charge is 0.0251 e. The summed E-state index contributed by atoms with van der Waals surface area (Å²) in [5.74, 6) is 1.42. The minimum atomic E-state index is -0.690. The first-order valence-electron chi connectivity index (χ1n) is 13.8. The Hall–Kier alpha value is -1.74. The number of benzene rings is 4. The van der Waals surface area contributed by atoms with Crippen LogP contribution in [0.3, 0.4) is 0 Å². The van der Waals surface area contributed by atoms with Crippen LogP contribution in [0.1, 0.15) is 20.8 Å². The van der Waals surface area contributed by atoms with Crippen molar-refractivity contribution in [2.75, 3.05) is 0 Å². The summed E-state index contributed by atoms with van der Waals surface area (Å²) < 4.78 is 0. The summed E-state index contributed by atoms with van der Waals surface area (Å²) in [6.07, 6.45) is 15.0.